The van der Waals surface area contributed by atoms with Crippen molar-refractivity contribution in [2.75, 3.05) is 13.7 Å². The molecule has 1 N–H and O–H groups in total. The van der Waals surface area contributed by atoms with Crippen LogP contribution in [0.25, 0.3) is 0 Å². The summed E-state index contributed by atoms with van der Waals surface area (Å²) >= 11 is 0. The molecule has 88 valence electrons. The zero-order valence-electron chi connectivity index (χ0n) is 10.1. The van der Waals surface area contributed by atoms with Gasteiger partial charge in [-0.3, -0.25) is 4.79 Å². The summed E-state index contributed by atoms with van der Waals surface area (Å²) in [4.78, 5) is 11.0. The SMILES string of the molecule is COC(=O)CNC1CCCC(C)(C)CC1. The summed E-state index contributed by atoms with van der Waals surface area (Å²) in [6.07, 6.45) is 6.14. The number of hydrogen-bond donors (Lipinski definition) is 1. The fraction of sp³-hybridized carbons (Fsp3) is 0.917. The second-order valence-electron chi connectivity index (χ2n) is 5.25. The fourth-order valence-electron chi connectivity index (χ4n) is 2.17. The first-order valence-electron chi connectivity index (χ1n) is 5.84. The molecule has 0 aromatic carbocycles. The van der Waals surface area contributed by atoms with E-state index in [9.17, 15) is 4.79 Å². The van der Waals surface area contributed by atoms with Crippen molar-refractivity contribution in [2.45, 2.75) is 52.0 Å². The highest BCUT2D eigenvalue weighted by Gasteiger charge is 2.24. The van der Waals surface area contributed by atoms with Crippen LogP contribution in [-0.4, -0.2) is 25.7 Å². The predicted molar refractivity (Wildman–Crippen MR) is 60.7 cm³/mol. The second kappa shape index (κ2) is 5.50. The third kappa shape index (κ3) is 4.65. The summed E-state index contributed by atoms with van der Waals surface area (Å²) < 4.78 is 4.61. The molecule has 3 heteroatoms. The van der Waals surface area contributed by atoms with Gasteiger partial charge in [-0.15, -0.1) is 0 Å². The van der Waals surface area contributed by atoms with E-state index in [1.54, 1.807) is 0 Å². The molecule has 0 aliphatic heterocycles. The van der Waals surface area contributed by atoms with E-state index in [0.29, 0.717) is 18.0 Å². The predicted octanol–water partition coefficient (Wildman–Crippen LogP) is 2.11. The number of carbonyl (C=O) groups excluding carboxylic acids is 1. The lowest BCUT2D eigenvalue weighted by molar-refractivity contribution is -0.139. The second-order valence-corrected chi connectivity index (χ2v) is 5.25. The number of ether oxygens (including phenoxy) is 1. The Morgan fingerprint density at radius 2 is 2.13 bits per heavy atom. The van der Waals surface area contributed by atoms with Crippen LogP contribution >= 0.6 is 0 Å². The van der Waals surface area contributed by atoms with Crippen molar-refractivity contribution in [2.24, 2.45) is 5.41 Å². The van der Waals surface area contributed by atoms with Crippen LogP contribution in [0.15, 0.2) is 0 Å². The Hall–Kier alpha value is -0.570. The normalized spacial score (nSPS) is 25.7. The van der Waals surface area contributed by atoms with Gasteiger partial charge < -0.3 is 10.1 Å². The van der Waals surface area contributed by atoms with Gasteiger partial charge in [0.25, 0.3) is 0 Å². The van der Waals surface area contributed by atoms with Crippen molar-refractivity contribution in [1.82, 2.24) is 5.32 Å². The molecule has 3 nitrogen and oxygen atoms in total. The molecule has 0 radical (unpaired) electrons. The van der Waals surface area contributed by atoms with E-state index < -0.39 is 0 Å². The average molecular weight is 213 g/mol. The highest BCUT2D eigenvalue weighted by molar-refractivity contribution is 5.71. The zero-order chi connectivity index (χ0) is 11.3. The van der Waals surface area contributed by atoms with Crippen LogP contribution < -0.4 is 5.32 Å². The molecular weight excluding hydrogens is 190 g/mol. The molecule has 0 aromatic heterocycles. The number of carbonyl (C=O) groups is 1. The van der Waals surface area contributed by atoms with Crippen LogP contribution in [0, 0.1) is 5.41 Å². The van der Waals surface area contributed by atoms with E-state index in [4.69, 9.17) is 0 Å². The number of esters is 1. The van der Waals surface area contributed by atoms with Gasteiger partial charge in [-0.1, -0.05) is 20.3 Å². The molecule has 1 aliphatic carbocycles. The van der Waals surface area contributed by atoms with E-state index in [1.807, 2.05) is 0 Å². The Labute approximate surface area is 92.6 Å². The third-order valence-electron chi connectivity index (χ3n) is 3.34. The van der Waals surface area contributed by atoms with Gasteiger partial charge in [-0.25, -0.2) is 0 Å². The molecule has 0 spiro atoms. The number of rotatable bonds is 3. The lowest BCUT2D eigenvalue weighted by atomic mass is 9.85. The molecule has 1 atom stereocenters. The van der Waals surface area contributed by atoms with E-state index in [-0.39, 0.29) is 5.97 Å². The Bertz CT molecular complexity index is 214. The van der Waals surface area contributed by atoms with E-state index in [0.717, 1.165) is 0 Å². The molecule has 0 bridgehead atoms. The molecule has 0 amide bonds. The van der Waals surface area contributed by atoms with Crippen LogP contribution in [0.4, 0.5) is 0 Å². The monoisotopic (exact) mass is 213 g/mol. The minimum Gasteiger partial charge on any atom is -0.468 e. The lowest BCUT2D eigenvalue weighted by Gasteiger charge is -2.22. The number of nitrogens with one attached hydrogen (secondary N) is 1. The summed E-state index contributed by atoms with van der Waals surface area (Å²) in [6, 6.07) is 0.492. The Balaban J connectivity index is 2.29. The fourth-order valence-corrected chi connectivity index (χ4v) is 2.17. The van der Waals surface area contributed by atoms with Crippen LogP contribution in [-0.2, 0) is 9.53 Å². The molecule has 1 rings (SSSR count). The molecule has 1 saturated carbocycles. The first kappa shape index (κ1) is 12.5. The highest BCUT2D eigenvalue weighted by Crippen LogP contribution is 2.33. The summed E-state index contributed by atoms with van der Waals surface area (Å²) in [5, 5.41) is 3.28. The van der Waals surface area contributed by atoms with Gasteiger partial charge >= 0.3 is 5.97 Å². The van der Waals surface area contributed by atoms with Gasteiger partial charge in [0, 0.05) is 6.04 Å². The molecule has 0 heterocycles. The van der Waals surface area contributed by atoms with Crippen LogP contribution in [0.1, 0.15) is 46.0 Å². The minimum atomic E-state index is -0.168. The maximum atomic E-state index is 11.0. The van der Waals surface area contributed by atoms with Crippen LogP contribution in [0.3, 0.4) is 0 Å². The largest absolute Gasteiger partial charge is 0.468 e. The van der Waals surface area contributed by atoms with E-state index in [1.165, 1.54) is 39.2 Å². The van der Waals surface area contributed by atoms with Crippen molar-refractivity contribution in [3.8, 4) is 0 Å². The topological polar surface area (TPSA) is 38.3 Å². The first-order valence-corrected chi connectivity index (χ1v) is 5.84. The minimum absolute atomic E-state index is 0.168. The van der Waals surface area contributed by atoms with Crippen molar-refractivity contribution in [3.05, 3.63) is 0 Å². The van der Waals surface area contributed by atoms with E-state index in [2.05, 4.69) is 23.9 Å². The maximum Gasteiger partial charge on any atom is 0.319 e. The van der Waals surface area contributed by atoms with Gasteiger partial charge in [-0.05, 0) is 31.1 Å². The Morgan fingerprint density at radius 1 is 1.40 bits per heavy atom. The molecule has 1 aliphatic rings. The Kier molecular flexibility index (Phi) is 4.58. The average Bonchev–Trinajstić information content (AvgIpc) is 2.36. The number of hydrogen-bond acceptors (Lipinski definition) is 3. The van der Waals surface area contributed by atoms with Crippen LogP contribution in [0.2, 0.25) is 0 Å². The Morgan fingerprint density at radius 3 is 2.80 bits per heavy atom. The van der Waals surface area contributed by atoms with Gasteiger partial charge in [0.2, 0.25) is 0 Å². The quantitative estimate of drug-likeness (QED) is 0.576. The highest BCUT2D eigenvalue weighted by atomic mass is 16.5. The summed E-state index contributed by atoms with van der Waals surface area (Å²) in [7, 11) is 1.43. The zero-order valence-corrected chi connectivity index (χ0v) is 10.1. The molecule has 1 unspecified atom stereocenters. The van der Waals surface area contributed by atoms with Gasteiger partial charge in [0.05, 0.1) is 13.7 Å². The summed E-state index contributed by atoms with van der Waals surface area (Å²) in [5.41, 5.74) is 0.474. The summed E-state index contributed by atoms with van der Waals surface area (Å²) in [5.74, 6) is -0.168. The van der Waals surface area contributed by atoms with Crippen molar-refractivity contribution < 1.29 is 9.53 Å². The van der Waals surface area contributed by atoms with Gasteiger partial charge in [0.15, 0.2) is 0 Å². The molecule has 0 aromatic rings. The van der Waals surface area contributed by atoms with Crippen molar-refractivity contribution in [1.29, 1.82) is 0 Å². The lowest BCUT2D eigenvalue weighted by Crippen LogP contribution is -2.33. The van der Waals surface area contributed by atoms with Crippen LogP contribution in [0.5, 0.6) is 0 Å². The van der Waals surface area contributed by atoms with Crippen molar-refractivity contribution in [3.63, 3.8) is 0 Å². The standard InChI is InChI=1S/C12H23NO2/c1-12(2)7-4-5-10(6-8-12)13-9-11(14)15-3/h10,13H,4-9H2,1-3H3. The number of methoxy groups -OCH3 is 1. The molecule has 0 saturated heterocycles. The maximum absolute atomic E-state index is 11.0. The smallest absolute Gasteiger partial charge is 0.319 e. The first-order chi connectivity index (χ1) is 7.03. The van der Waals surface area contributed by atoms with Gasteiger partial charge in [-0.2, -0.15) is 0 Å². The molecule has 1 fully saturated rings. The third-order valence-corrected chi connectivity index (χ3v) is 3.34. The van der Waals surface area contributed by atoms with E-state index >= 15 is 0 Å². The molecule has 15 heavy (non-hydrogen) atoms. The van der Waals surface area contributed by atoms with Crippen molar-refractivity contribution >= 4 is 5.97 Å². The van der Waals surface area contributed by atoms with Gasteiger partial charge in [0.1, 0.15) is 0 Å². The summed E-state index contributed by atoms with van der Waals surface area (Å²) in [6.45, 7) is 5.01. The molecular formula is C12H23NO2.